The van der Waals surface area contributed by atoms with Crippen molar-refractivity contribution in [3.8, 4) is 5.75 Å². The fourth-order valence-corrected chi connectivity index (χ4v) is 12.1. The summed E-state index contributed by atoms with van der Waals surface area (Å²) in [4.78, 5) is 206. The summed E-state index contributed by atoms with van der Waals surface area (Å²) >= 11 is 0. The van der Waals surface area contributed by atoms with Crippen molar-refractivity contribution < 1.29 is 103 Å². The Hall–Kier alpha value is -12.1. The predicted molar refractivity (Wildman–Crippen MR) is 394 cm³/mol. The van der Waals surface area contributed by atoms with E-state index in [9.17, 15) is 103 Å². The monoisotopic (exact) mass is 1560 g/mol. The number of rotatable bonds is 45. The minimum Gasteiger partial charge on any atom is -0.508 e. The van der Waals surface area contributed by atoms with E-state index in [0.717, 1.165) is 23.6 Å². The molecular formula is C71H101N19O21. The number of phenolic OH excluding ortho intramolecular Hbond substituents is 1. The molecule has 2 saturated heterocycles. The molecule has 2 fully saturated rings. The number of aliphatic hydroxyl groups excluding tert-OH is 2. The zero-order valence-electron chi connectivity index (χ0n) is 61.4. The second-order valence-electron chi connectivity index (χ2n) is 26.8. The van der Waals surface area contributed by atoms with Gasteiger partial charge in [0.2, 0.25) is 70.9 Å². The number of aliphatic carboxylic acids is 3. The van der Waals surface area contributed by atoms with E-state index in [1.165, 1.54) is 24.3 Å². The van der Waals surface area contributed by atoms with Crippen molar-refractivity contribution in [2.24, 2.45) is 17.2 Å². The molecule has 3 aromatic carbocycles. The molecule has 0 saturated carbocycles. The Morgan fingerprint density at radius 3 is 1.38 bits per heavy atom. The van der Waals surface area contributed by atoms with Gasteiger partial charge in [0.25, 0.3) is 0 Å². The fourth-order valence-electron chi connectivity index (χ4n) is 12.1. The molecule has 0 aromatic heterocycles. The number of carboxylic acid groups (broad SMARTS) is 3. The molecule has 2 aliphatic rings. The number of benzene rings is 3. The lowest BCUT2D eigenvalue weighted by molar-refractivity contribution is -0.148. The molecule has 0 bridgehead atoms. The van der Waals surface area contributed by atoms with Crippen molar-refractivity contribution in [3.63, 3.8) is 0 Å². The minimum absolute atomic E-state index is 0.0332. The standard InChI is InChI=1S/C71H101N19O21/c1-38(91)57(67(108)84-47(26-28-56(98)99)61(102)82-46(25-27-55(96)97)60(101)80-37-54(95)89-31-12-20-52(89)69(110)111)87-62(103)45(18-10-30-78-71(75)76)83-66(107)51-19-11-32-90(51)68(109)58(39(2)92)88-65(106)50(35-42-21-23-43(93)24-22-42)86-64(105)49(34-41-15-7-4-8-16-41)85-63(104)48(33-40-13-5-3-6-14-40)81-53(94)36-79-59(100)44(72)17-9-29-77-70(73)74/h3-8,13-16,21-24,38-39,44-52,57-58,91-93H,9-12,17-20,25-37,72H2,1-2H3,(H,79,100)(H,80,101)(H,81,94)(H,82,102)(H,83,107)(H,84,108)(H,85,104)(H,86,105)(H,87,103)(H,88,106)(H,96,97)(H,98,99)(H,110,111)(H4,73,74,77)(H4,75,76,78)/t38-,39-,44+,45+,46+,47+,48+,49+,50+,51+,52+,57+,58+/m1/s1. The Morgan fingerprint density at radius 1 is 0.459 bits per heavy atom. The van der Waals surface area contributed by atoms with Crippen LogP contribution in [0.25, 0.3) is 0 Å². The molecule has 40 nitrogen and oxygen atoms in total. The largest absolute Gasteiger partial charge is 0.508 e. The lowest BCUT2D eigenvalue weighted by Gasteiger charge is -2.32. The van der Waals surface area contributed by atoms with Crippen LogP contribution in [0.15, 0.2) is 84.9 Å². The average molecular weight is 1560 g/mol. The molecular weight excluding hydrogens is 1450 g/mol. The molecule has 606 valence electrons. The Balaban J connectivity index is 1.36. The quantitative estimate of drug-likeness (QED) is 0.0142. The second-order valence-corrected chi connectivity index (χ2v) is 26.8. The fraction of sp³-hybridized carbons (Fsp3) is 0.507. The summed E-state index contributed by atoms with van der Waals surface area (Å²) in [7, 11) is 0. The van der Waals surface area contributed by atoms with Crippen LogP contribution < -0.4 is 81.0 Å². The SMILES string of the molecule is C[C@@H](O)[C@H](NC(=O)[C@H](CCCNC(=N)N)NC(=O)[C@@H]1CCCN1C(=O)[C@@H](NC(=O)[C@H](Cc1ccc(O)cc1)NC(=O)[C@H](Cc1ccccc1)NC(=O)[C@H](Cc1ccccc1)NC(=O)CNC(=O)[C@@H](N)CCCNC(=N)N)[C@@H](C)O)C(=O)N[C@@H](CCC(=O)O)C(=O)N[C@@H](CCC(=O)O)C(=O)NCC(=O)N1CCC[C@H]1C(=O)O. The van der Waals surface area contributed by atoms with E-state index >= 15 is 0 Å². The third kappa shape index (κ3) is 30.5. The number of phenols is 1. The molecule has 5 rings (SSSR count). The number of nitrogens with two attached hydrogens (primary N) is 3. The molecule has 2 aliphatic heterocycles. The Bertz CT molecular complexity index is 3760. The van der Waals surface area contributed by atoms with Crippen LogP contribution in [0.1, 0.15) is 108 Å². The molecule has 2 heterocycles. The molecule has 111 heavy (non-hydrogen) atoms. The molecule has 0 spiro atoms. The summed E-state index contributed by atoms with van der Waals surface area (Å²) in [5, 5.41) is 106. The Morgan fingerprint density at radius 2 is 0.874 bits per heavy atom. The van der Waals surface area contributed by atoms with Crippen LogP contribution in [0.2, 0.25) is 0 Å². The smallest absolute Gasteiger partial charge is 0.326 e. The van der Waals surface area contributed by atoms with Gasteiger partial charge in [0.1, 0.15) is 66.2 Å². The maximum Gasteiger partial charge on any atom is 0.326 e. The van der Waals surface area contributed by atoms with Crippen LogP contribution in [-0.4, -0.2) is 259 Å². The summed E-state index contributed by atoms with van der Waals surface area (Å²) in [6, 6.07) is 4.97. The molecule has 26 N–H and O–H groups in total. The summed E-state index contributed by atoms with van der Waals surface area (Å²) in [5.41, 5.74) is 18.3. The first-order valence-electron chi connectivity index (χ1n) is 36.0. The van der Waals surface area contributed by atoms with Gasteiger partial charge in [-0.3, -0.25) is 77.9 Å². The highest BCUT2D eigenvalue weighted by atomic mass is 16.4. The summed E-state index contributed by atoms with van der Waals surface area (Å²) in [6.45, 7) is 0.912. The maximum absolute atomic E-state index is 14.9. The van der Waals surface area contributed by atoms with Crippen LogP contribution in [0.4, 0.5) is 0 Å². The Labute approximate surface area is 638 Å². The number of carbonyl (C=O) groups is 15. The van der Waals surface area contributed by atoms with Crippen molar-refractivity contribution >= 4 is 101 Å². The summed E-state index contributed by atoms with van der Waals surface area (Å²) in [5.74, 6) is -17.2. The molecule has 0 radical (unpaired) electrons. The number of carbonyl (C=O) groups excluding carboxylic acids is 12. The predicted octanol–water partition coefficient (Wildman–Crippen LogP) is -6.06. The van der Waals surface area contributed by atoms with Gasteiger partial charge in [0.15, 0.2) is 11.9 Å². The van der Waals surface area contributed by atoms with Crippen LogP contribution in [0.3, 0.4) is 0 Å². The average Bonchev–Trinajstić information content (AvgIpc) is 1.75. The first-order valence-corrected chi connectivity index (χ1v) is 36.0. The number of guanidine groups is 2. The zero-order valence-corrected chi connectivity index (χ0v) is 61.4. The number of hydrogen-bond acceptors (Lipinski definition) is 21. The van der Waals surface area contributed by atoms with Crippen molar-refractivity contribution in [2.75, 3.05) is 39.3 Å². The highest BCUT2D eigenvalue weighted by Crippen LogP contribution is 2.22. The van der Waals surface area contributed by atoms with Crippen LogP contribution in [-0.2, 0) is 91.2 Å². The number of aliphatic hydroxyl groups is 2. The maximum atomic E-state index is 14.9. The van der Waals surface area contributed by atoms with Crippen LogP contribution >= 0.6 is 0 Å². The molecule has 40 heteroatoms. The van der Waals surface area contributed by atoms with E-state index in [1.807, 2.05) is 0 Å². The van der Waals surface area contributed by atoms with Gasteiger partial charge in [-0.05, 0) is 107 Å². The molecule has 12 amide bonds. The van der Waals surface area contributed by atoms with Gasteiger partial charge in [0, 0.05) is 58.3 Å². The van der Waals surface area contributed by atoms with E-state index in [4.69, 9.17) is 28.0 Å². The highest BCUT2D eigenvalue weighted by Gasteiger charge is 2.43. The van der Waals surface area contributed by atoms with Crippen LogP contribution in [0.5, 0.6) is 5.75 Å². The minimum atomic E-state index is -2.02. The lowest BCUT2D eigenvalue weighted by Crippen LogP contribution is -2.62. The van der Waals surface area contributed by atoms with Gasteiger partial charge < -0.3 is 121 Å². The van der Waals surface area contributed by atoms with Crippen LogP contribution in [0, 0.1) is 10.8 Å². The van der Waals surface area contributed by atoms with Crippen molar-refractivity contribution in [2.45, 2.75) is 189 Å². The highest BCUT2D eigenvalue weighted by molar-refractivity contribution is 6.00. The van der Waals surface area contributed by atoms with E-state index in [0.29, 0.717) is 29.5 Å². The van der Waals surface area contributed by atoms with Gasteiger partial charge in [-0.2, -0.15) is 0 Å². The number of likely N-dealkylation sites (tertiary alicyclic amines) is 2. The van der Waals surface area contributed by atoms with Crippen molar-refractivity contribution in [3.05, 3.63) is 102 Å². The first kappa shape index (κ1) is 89.6. The van der Waals surface area contributed by atoms with Crippen molar-refractivity contribution in [1.82, 2.24) is 73.6 Å². The number of carboxylic acids is 3. The molecule has 0 unspecified atom stereocenters. The lowest BCUT2D eigenvalue weighted by atomic mass is 10.0. The molecule has 3 aromatic rings. The summed E-state index contributed by atoms with van der Waals surface area (Å²) in [6.07, 6.45) is -6.32. The number of nitrogens with zero attached hydrogens (tertiary/aromatic N) is 2. The molecule has 0 aliphatic carbocycles. The van der Waals surface area contributed by atoms with Gasteiger partial charge in [-0.25, -0.2) is 4.79 Å². The van der Waals surface area contributed by atoms with E-state index in [2.05, 4.69) is 63.8 Å². The van der Waals surface area contributed by atoms with Gasteiger partial charge in [0.05, 0.1) is 31.3 Å². The summed E-state index contributed by atoms with van der Waals surface area (Å²) < 4.78 is 0. The number of nitrogens with one attached hydrogen (secondary N) is 14. The van der Waals surface area contributed by atoms with Crippen molar-refractivity contribution in [1.29, 1.82) is 10.8 Å². The van der Waals surface area contributed by atoms with E-state index < -0.39 is 212 Å². The van der Waals surface area contributed by atoms with Gasteiger partial charge in [-0.15, -0.1) is 0 Å². The number of amides is 12. The molecule has 13 atom stereocenters. The van der Waals surface area contributed by atoms with Gasteiger partial charge >= 0.3 is 17.9 Å². The Kier molecular flexibility index (Phi) is 36.3. The second kappa shape index (κ2) is 45.0. The first-order chi connectivity index (χ1) is 52.6. The third-order valence-corrected chi connectivity index (χ3v) is 18.0. The number of hydrogen-bond donors (Lipinski definition) is 23. The number of aromatic hydroxyl groups is 1. The normalized spacial score (nSPS) is 16.7. The third-order valence-electron chi connectivity index (χ3n) is 18.0. The van der Waals surface area contributed by atoms with E-state index in [1.54, 1.807) is 60.7 Å². The topological polar surface area (TPSA) is 654 Å². The van der Waals surface area contributed by atoms with Gasteiger partial charge in [-0.1, -0.05) is 72.8 Å². The zero-order chi connectivity index (χ0) is 82.0. The van der Waals surface area contributed by atoms with E-state index in [-0.39, 0.29) is 95.7 Å².